The van der Waals surface area contributed by atoms with Crippen molar-refractivity contribution in [3.8, 4) is 0 Å². The number of hydrogen-bond acceptors (Lipinski definition) is 7. The molecule has 2 aliphatic heterocycles. The Kier molecular flexibility index (Phi) is 5.89. The van der Waals surface area contributed by atoms with Crippen LogP contribution in [0, 0.1) is 0 Å². The molecule has 0 aromatic carbocycles. The number of imidazole rings is 1. The lowest BCUT2D eigenvalue weighted by atomic mass is 10.1. The predicted molar refractivity (Wildman–Crippen MR) is 132 cm³/mol. The molecule has 3 fully saturated rings. The van der Waals surface area contributed by atoms with Gasteiger partial charge in [0.1, 0.15) is 11.9 Å². The van der Waals surface area contributed by atoms with Crippen molar-refractivity contribution < 1.29 is 4.79 Å². The summed E-state index contributed by atoms with van der Waals surface area (Å²) in [5.41, 5.74) is 3.54. The second-order valence-corrected chi connectivity index (χ2v) is 10.4. The maximum atomic E-state index is 13.4. The van der Waals surface area contributed by atoms with Crippen molar-refractivity contribution in [3.05, 3.63) is 23.1 Å². The number of aryl methyl sites for hydroxylation is 1. The summed E-state index contributed by atoms with van der Waals surface area (Å²) in [6, 6.07) is -0.159. The molecule has 0 bridgehead atoms. The van der Waals surface area contributed by atoms with Gasteiger partial charge in [-0.05, 0) is 52.0 Å². The lowest BCUT2D eigenvalue weighted by Crippen LogP contribution is -2.53. The molecule has 0 radical (unpaired) electrons. The number of amides is 1. The number of fused-ring (bicyclic) bond motifs is 1. The van der Waals surface area contributed by atoms with Crippen molar-refractivity contribution in [1.29, 1.82) is 0 Å². The minimum absolute atomic E-state index is 0.159. The third-order valence-corrected chi connectivity index (χ3v) is 8.16. The van der Waals surface area contributed by atoms with Crippen LogP contribution in [0.25, 0.3) is 0 Å². The number of carbonyl (C=O) groups excluding carboxylic acids is 1. The number of likely N-dealkylation sites (N-methyl/N-ethyl adjacent to an activating group) is 1. The maximum Gasteiger partial charge on any atom is 0.245 e. The number of aromatic amines is 1. The molecule has 6 rings (SSSR count). The van der Waals surface area contributed by atoms with Gasteiger partial charge in [0.25, 0.3) is 0 Å². The number of carbonyl (C=O) groups is 1. The Hall–Kier alpha value is -2.68. The number of rotatable bonds is 5. The van der Waals surface area contributed by atoms with E-state index < -0.39 is 0 Å². The Labute approximate surface area is 201 Å². The van der Waals surface area contributed by atoms with Gasteiger partial charge in [0.05, 0.1) is 11.9 Å². The number of hydrogen-bond donors (Lipinski definition) is 2. The van der Waals surface area contributed by atoms with E-state index in [2.05, 4.69) is 32.1 Å². The van der Waals surface area contributed by atoms with Gasteiger partial charge in [-0.3, -0.25) is 4.79 Å². The minimum atomic E-state index is -0.159. The summed E-state index contributed by atoms with van der Waals surface area (Å²) < 4.78 is 0. The Balaban J connectivity index is 1.24. The summed E-state index contributed by atoms with van der Waals surface area (Å²) in [5, 5.41) is 3.48. The van der Waals surface area contributed by atoms with Gasteiger partial charge in [0.15, 0.2) is 0 Å². The van der Waals surface area contributed by atoms with Crippen molar-refractivity contribution in [2.45, 2.75) is 69.7 Å². The highest BCUT2D eigenvalue weighted by Crippen LogP contribution is 2.35. The molecule has 4 heterocycles. The van der Waals surface area contributed by atoms with E-state index in [4.69, 9.17) is 9.97 Å². The predicted octanol–water partition coefficient (Wildman–Crippen LogP) is 2.83. The van der Waals surface area contributed by atoms with Crippen molar-refractivity contribution >= 4 is 23.6 Å². The van der Waals surface area contributed by atoms with Crippen LogP contribution in [0.3, 0.4) is 0 Å². The van der Waals surface area contributed by atoms with Crippen molar-refractivity contribution in [1.82, 2.24) is 29.7 Å². The molecular weight excluding hydrogens is 428 g/mol. The van der Waals surface area contributed by atoms with Crippen LogP contribution in [0.15, 0.2) is 6.20 Å². The van der Waals surface area contributed by atoms with E-state index in [1.54, 1.807) is 0 Å². The van der Waals surface area contributed by atoms with Crippen molar-refractivity contribution in [2.24, 2.45) is 0 Å². The molecule has 2 saturated heterocycles. The zero-order valence-corrected chi connectivity index (χ0v) is 20.2. The minimum Gasteiger partial charge on any atom is -0.338 e. The first kappa shape index (κ1) is 21.8. The Bertz CT molecular complexity index is 1040. The van der Waals surface area contributed by atoms with Gasteiger partial charge in [-0.15, -0.1) is 0 Å². The first-order valence-electron chi connectivity index (χ1n) is 13.1. The van der Waals surface area contributed by atoms with Crippen LogP contribution in [-0.2, 0) is 17.6 Å². The number of piperazine rings is 1. The van der Waals surface area contributed by atoms with Crippen LogP contribution in [0.2, 0.25) is 0 Å². The van der Waals surface area contributed by atoms with E-state index in [0.717, 1.165) is 82.3 Å². The molecule has 1 saturated carbocycles. The second kappa shape index (κ2) is 9.17. The zero-order valence-electron chi connectivity index (χ0n) is 20.2. The van der Waals surface area contributed by atoms with Crippen molar-refractivity contribution in [3.63, 3.8) is 0 Å². The van der Waals surface area contributed by atoms with Crippen LogP contribution >= 0.6 is 0 Å². The molecule has 2 aromatic rings. The van der Waals surface area contributed by atoms with Crippen LogP contribution in [0.5, 0.6) is 0 Å². The fourth-order valence-corrected chi connectivity index (χ4v) is 6.11. The van der Waals surface area contributed by atoms with Crippen LogP contribution in [0.1, 0.15) is 67.8 Å². The normalized spacial score (nSPS) is 23.6. The molecular formula is C25H36N8O. The van der Waals surface area contributed by atoms with Gasteiger partial charge in [0.2, 0.25) is 17.8 Å². The van der Waals surface area contributed by atoms with Gasteiger partial charge in [0, 0.05) is 49.9 Å². The number of anilines is 3. The van der Waals surface area contributed by atoms with E-state index in [-0.39, 0.29) is 11.9 Å². The molecule has 2 N–H and O–H groups in total. The SMILES string of the molecule is CN1CCN(C(=O)[C@H]2CCCN2c2nc3c(c(Nc4ncc(C5CCCC5)[nH]4)n2)CCC3)CC1. The molecule has 1 atom stereocenters. The molecule has 9 heteroatoms. The van der Waals surface area contributed by atoms with E-state index >= 15 is 0 Å². The quantitative estimate of drug-likeness (QED) is 0.703. The largest absolute Gasteiger partial charge is 0.338 e. The topological polar surface area (TPSA) is 93.3 Å². The average molecular weight is 465 g/mol. The third kappa shape index (κ3) is 4.15. The van der Waals surface area contributed by atoms with E-state index in [9.17, 15) is 4.79 Å². The molecule has 2 aromatic heterocycles. The standard InChI is InChI=1S/C25H36N8O/c1-31-12-14-32(15-13-31)23(34)21-10-5-11-33(21)25-28-19-9-4-8-18(19)22(30-25)29-24-26-16-20(27-24)17-6-2-3-7-17/h16-17,21H,2-15H2,1H3,(H2,26,27,28,29,30)/t21-/m1/s1. The summed E-state index contributed by atoms with van der Waals surface area (Å²) in [5.74, 6) is 3.13. The highest BCUT2D eigenvalue weighted by molar-refractivity contribution is 5.85. The molecule has 2 aliphatic carbocycles. The fourth-order valence-electron chi connectivity index (χ4n) is 6.11. The van der Waals surface area contributed by atoms with Gasteiger partial charge in [-0.2, -0.15) is 4.98 Å². The third-order valence-electron chi connectivity index (χ3n) is 8.16. The fraction of sp³-hybridized carbons (Fsp3) is 0.680. The Morgan fingerprint density at radius 3 is 2.65 bits per heavy atom. The van der Waals surface area contributed by atoms with E-state index in [0.29, 0.717) is 11.9 Å². The number of aromatic nitrogens is 4. The summed E-state index contributed by atoms with van der Waals surface area (Å²) >= 11 is 0. The molecule has 34 heavy (non-hydrogen) atoms. The molecule has 0 unspecified atom stereocenters. The summed E-state index contributed by atoms with van der Waals surface area (Å²) in [6.07, 6.45) is 12.0. The first-order chi connectivity index (χ1) is 16.7. The Morgan fingerprint density at radius 2 is 1.82 bits per heavy atom. The molecule has 4 aliphatic rings. The van der Waals surface area contributed by atoms with Gasteiger partial charge >= 0.3 is 0 Å². The smallest absolute Gasteiger partial charge is 0.245 e. The lowest BCUT2D eigenvalue weighted by Gasteiger charge is -2.36. The van der Waals surface area contributed by atoms with Crippen LogP contribution < -0.4 is 10.2 Å². The monoisotopic (exact) mass is 464 g/mol. The first-order valence-corrected chi connectivity index (χ1v) is 13.1. The zero-order chi connectivity index (χ0) is 23.1. The van der Waals surface area contributed by atoms with Crippen molar-refractivity contribution in [2.75, 3.05) is 50.0 Å². The molecule has 0 spiro atoms. The highest BCUT2D eigenvalue weighted by atomic mass is 16.2. The number of nitrogens with zero attached hydrogens (tertiary/aromatic N) is 6. The van der Waals surface area contributed by atoms with E-state index in [1.807, 2.05) is 11.1 Å². The molecule has 1 amide bonds. The summed E-state index contributed by atoms with van der Waals surface area (Å²) in [4.78, 5) is 37.9. The Morgan fingerprint density at radius 1 is 1.00 bits per heavy atom. The average Bonchev–Trinajstić information content (AvgIpc) is 3.65. The summed E-state index contributed by atoms with van der Waals surface area (Å²) in [7, 11) is 2.12. The lowest BCUT2D eigenvalue weighted by molar-refractivity contribution is -0.134. The summed E-state index contributed by atoms with van der Waals surface area (Å²) in [6.45, 7) is 4.31. The second-order valence-electron chi connectivity index (χ2n) is 10.4. The van der Waals surface area contributed by atoms with Gasteiger partial charge in [-0.25, -0.2) is 9.97 Å². The molecule has 9 nitrogen and oxygen atoms in total. The number of nitrogens with one attached hydrogen (secondary N) is 2. The van der Waals surface area contributed by atoms with Crippen LogP contribution in [0.4, 0.5) is 17.7 Å². The van der Waals surface area contributed by atoms with E-state index in [1.165, 1.54) is 36.9 Å². The number of H-pyrrole nitrogens is 1. The molecule has 182 valence electrons. The van der Waals surface area contributed by atoms with Gasteiger partial charge < -0.3 is 25.0 Å². The van der Waals surface area contributed by atoms with Crippen LogP contribution in [-0.4, -0.2) is 81.5 Å². The maximum absolute atomic E-state index is 13.4. The highest BCUT2D eigenvalue weighted by Gasteiger charge is 2.37. The van der Waals surface area contributed by atoms with Gasteiger partial charge in [-0.1, -0.05) is 12.8 Å².